The van der Waals surface area contributed by atoms with Crippen LogP contribution in [0.1, 0.15) is 26.2 Å². The molecule has 0 radical (unpaired) electrons. The van der Waals surface area contributed by atoms with Gasteiger partial charge in [-0.2, -0.15) is 0 Å². The predicted octanol–water partition coefficient (Wildman–Crippen LogP) is 0.397. The fourth-order valence-electron chi connectivity index (χ4n) is 1.89. The molecule has 0 aromatic rings. The summed E-state index contributed by atoms with van der Waals surface area (Å²) in [7, 11) is -3.42. The van der Waals surface area contributed by atoms with Gasteiger partial charge in [-0.3, -0.25) is 0 Å². The van der Waals surface area contributed by atoms with Crippen LogP contribution in [0.15, 0.2) is 0 Å². The Kier molecular flexibility index (Phi) is 5.78. The van der Waals surface area contributed by atoms with Crippen LogP contribution in [0.5, 0.6) is 0 Å². The Hall–Kier alpha value is -0.240. The van der Waals surface area contributed by atoms with Crippen LogP contribution in [-0.4, -0.2) is 38.4 Å². The molecule has 0 aromatic heterocycles. The Bertz CT molecular complexity index is 351. The molecule has 0 aliphatic carbocycles. The second-order valence-corrected chi connectivity index (χ2v) is 6.68. The first-order valence-electron chi connectivity index (χ1n) is 5.83. The van der Waals surface area contributed by atoms with Crippen molar-refractivity contribution in [3.8, 4) is 0 Å². The molecule has 0 saturated carbocycles. The average Bonchev–Trinajstić information content (AvgIpc) is 2.69. The minimum absolute atomic E-state index is 0.0317. The van der Waals surface area contributed by atoms with E-state index >= 15 is 0 Å². The quantitative estimate of drug-likeness (QED) is 0.660. The van der Waals surface area contributed by atoms with Crippen LogP contribution in [0, 0.1) is 5.92 Å². The van der Waals surface area contributed by atoms with Crippen molar-refractivity contribution in [3.63, 3.8) is 0 Å². The van der Waals surface area contributed by atoms with Gasteiger partial charge in [-0.1, -0.05) is 19.1 Å². The fourth-order valence-corrected chi connectivity index (χ4v) is 3.79. The third kappa shape index (κ3) is 4.50. The maximum atomic E-state index is 11.9. The molecule has 1 saturated heterocycles. The Balaban J connectivity index is 2.40. The summed E-state index contributed by atoms with van der Waals surface area (Å²) in [5.74, 6) is 0.461. The van der Waals surface area contributed by atoms with Gasteiger partial charge in [0.15, 0.2) is 0 Å². The second kappa shape index (κ2) is 6.63. The van der Waals surface area contributed by atoms with Gasteiger partial charge in [0.05, 0.1) is 4.99 Å². The monoisotopic (exact) mass is 280 g/mol. The molecule has 2 atom stereocenters. The minimum Gasteiger partial charge on any atom is -0.392 e. The van der Waals surface area contributed by atoms with E-state index in [0.29, 0.717) is 18.9 Å². The van der Waals surface area contributed by atoms with Gasteiger partial charge in [-0.05, 0) is 25.2 Å². The predicted molar refractivity (Wildman–Crippen MR) is 71.3 cm³/mol. The Morgan fingerprint density at radius 2 is 2.35 bits per heavy atom. The summed E-state index contributed by atoms with van der Waals surface area (Å²) >= 11 is 4.76. The molecule has 0 aromatic carbocycles. The average molecular weight is 280 g/mol. The maximum absolute atomic E-state index is 11.9. The van der Waals surface area contributed by atoms with Crippen LogP contribution < -0.4 is 10.5 Å². The molecule has 1 fully saturated rings. The van der Waals surface area contributed by atoms with Crippen molar-refractivity contribution < 1.29 is 13.2 Å². The molecule has 1 aliphatic rings. The molecular formula is C10H20N2O3S2. The summed E-state index contributed by atoms with van der Waals surface area (Å²) < 4.78 is 31.5. The molecule has 5 nitrogen and oxygen atoms in total. The number of nitrogens with one attached hydrogen (secondary N) is 1. The summed E-state index contributed by atoms with van der Waals surface area (Å²) in [5, 5.41) is -0.766. The highest BCUT2D eigenvalue weighted by Crippen LogP contribution is 2.15. The van der Waals surface area contributed by atoms with Gasteiger partial charge in [-0.25, -0.2) is 13.1 Å². The molecule has 0 bridgehead atoms. The molecule has 1 aliphatic heterocycles. The molecule has 17 heavy (non-hydrogen) atoms. The van der Waals surface area contributed by atoms with Crippen LogP contribution in [0.2, 0.25) is 0 Å². The zero-order valence-electron chi connectivity index (χ0n) is 10.0. The highest BCUT2D eigenvalue weighted by molar-refractivity contribution is 7.93. The van der Waals surface area contributed by atoms with Crippen molar-refractivity contribution in [2.75, 3.05) is 19.8 Å². The lowest BCUT2D eigenvalue weighted by molar-refractivity contribution is 0.184. The first-order chi connectivity index (χ1) is 7.97. The Morgan fingerprint density at radius 1 is 1.65 bits per heavy atom. The Morgan fingerprint density at radius 3 is 2.82 bits per heavy atom. The molecule has 3 N–H and O–H groups in total. The third-order valence-corrected chi connectivity index (χ3v) is 5.32. The van der Waals surface area contributed by atoms with Crippen LogP contribution in [0.3, 0.4) is 0 Å². The zero-order valence-corrected chi connectivity index (χ0v) is 11.6. The smallest absolute Gasteiger partial charge is 0.220 e. The first-order valence-corrected chi connectivity index (χ1v) is 7.78. The fraction of sp³-hybridized carbons (Fsp3) is 0.900. The lowest BCUT2D eigenvalue weighted by Crippen LogP contribution is -2.42. The molecule has 1 heterocycles. The maximum Gasteiger partial charge on any atom is 0.220 e. The molecule has 1 rings (SSSR count). The normalized spacial score (nSPS) is 22.5. The summed E-state index contributed by atoms with van der Waals surface area (Å²) in [5.41, 5.74) is 5.42. The lowest BCUT2D eigenvalue weighted by atomic mass is 10.1. The molecule has 0 amide bonds. The van der Waals surface area contributed by atoms with E-state index < -0.39 is 15.3 Å². The van der Waals surface area contributed by atoms with Crippen LogP contribution in [0.4, 0.5) is 0 Å². The van der Waals surface area contributed by atoms with Crippen molar-refractivity contribution in [2.24, 2.45) is 11.7 Å². The molecule has 0 spiro atoms. The van der Waals surface area contributed by atoms with E-state index in [1.807, 2.05) is 0 Å². The largest absolute Gasteiger partial charge is 0.392 e. The van der Waals surface area contributed by atoms with E-state index in [1.54, 1.807) is 6.92 Å². The van der Waals surface area contributed by atoms with E-state index in [9.17, 15) is 8.42 Å². The Labute approximate surface area is 108 Å². The summed E-state index contributed by atoms with van der Waals surface area (Å²) in [6, 6.07) is 0. The van der Waals surface area contributed by atoms with Gasteiger partial charge in [0.2, 0.25) is 10.0 Å². The van der Waals surface area contributed by atoms with Crippen LogP contribution >= 0.6 is 12.2 Å². The van der Waals surface area contributed by atoms with Crippen molar-refractivity contribution >= 4 is 27.2 Å². The van der Waals surface area contributed by atoms with Gasteiger partial charge in [0, 0.05) is 19.8 Å². The van der Waals surface area contributed by atoms with Crippen LogP contribution in [0.25, 0.3) is 0 Å². The van der Waals surface area contributed by atoms with Gasteiger partial charge in [0.25, 0.3) is 0 Å². The van der Waals surface area contributed by atoms with Crippen molar-refractivity contribution in [3.05, 3.63) is 0 Å². The highest BCUT2D eigenvalue weighted by Gasteiger charge is 2.26. The number of thiocarbonyl (C=S) groups is 1. The number of ether oxygens (including phenoxy) is 1. The molecular weight excluding hydrogens is 260 g/mol. The van der Waals surface area contributed by atoms with Gasteiger partial charge in [-0.15, -0.1) is 0 Å². The summed E-state index contributed by atoms with van der Waals surface area (Å²) in [6.07, 6.45) is 2.21. The van der Waals surface area contributed by atoms with E-state index in [0.717, 1.165) is 26.1 Å². The number of nitrogens with two attached hydrogens (primary N) is 1. The minimum atomic E-state index is -3.42. The number of hydrogen-bond acceptors (Lipinski definition) is 4. The van der Waals surface area contributed by atoms with Gasteiger partial charge < -0.3 is 10.5 Å². The lowest BCUT2D eigenvalue weighted by Gasteiger charge is -2.16. The van der Waals surface area contributed by atoms with E-state index in [1.165, 1.54) is 0 Å². The topological polar surface area (TPSA) is 81.4 Å². The van der Waals surface area contributed by atoms with E-state index in [4.69, 9.17) is 22.7 Å². The molecule has 7 heteroatoms. The zero-order chi connectivity index (χ0) is 12.9. The molecule has 2 unspecified atom stereocenters. The number of rotatable bonds is 7. The summed E-state index contributed by atoms with van der Waals surface area (Å²) in [4.78, 5) is 0.0317. The van der Waals surface area contributed by atoms with Crippen molar-refractivity contribution in [2.45, 2.75) is 31.4 Å². The van der Waals surface area contributed by atoms with Gasteiger partial charge >= 0.3 is 0 Å². The van der Waals surface area contributed by atoms with Crippen molar-refractivity contribution in [1.82, 2.24) is 4.72 Å². The SMILES string of the molecule is CCC(C(N)=S)S(=O)(=O)NCCC1CCOC1. The number of sulfonamides is 1. The number of hydrogen-bond donors (Lipinski definition) is 2. The highest BCUT2D eigenvalue weighted by atomic mass is 32.2. The van der Waals surface area contributed by atoms with Gasteiger partial charge in [0.1, 0.15) is 5.25 Å². The standard InChI is InChI=1S/C10H20N2O3S2/c1-2-9(10(11)16)17(13,14)12-5-3-8-4-6-15-7-8/h8-9,12H,2-7H2,1H3,(H2,11,16). The van der Waals surface area contributed by atoms with Crippen LogP contribution in [-0.2, 0) is 14.8 Å². The van der Waals surface area contributed by atoms with E-state index in [2.05, 4.69) is 4.72 Å². The van der Waals surface area contributed by atoms with Crippen molar-refractivity contribution in [1.29, 1.82) is 0 Å². The second-order valence-electron chi connectivity index (χ2n) is 4.26. The van der Waals surface area contributed by atoms with E-state index in [-0.39, 0.29) is 4.99 Å². The third-order valence-electron chi connectivity index (χ3n) is 2.94. The first kappa shape index (κ1) is 14.8. The summed E-state index contributed by atoms with van der Waals surface area (Å²) in [6.45, 7) is 3.69. The molecule has 100 valence electrons.